The molecule has 1 saturated heterocycles. The third-order valence-corrected chi connectivity index (χ3v) is 5.65. The van der Waals surface area contributed by atoms with Crippen LogP contribution in [0.2, 0.25) is 0 Å². The molecule has 5 unspecified atom stereocenters. The summed E-state index contributed by atoms with van der Waals surface area (Å²) >= 11 is 0. The van der Waals surface area contributed by atoms with Gasteiger partial charge in [-0.15, -0.1) is 0 Å². The fourth-order valence-corrected chi connectivity index (χ4v) is 4.25. The predicted octanol–water partition coefficient (Wildman–Crippen LogP) is 1.58. The SMILES string of the molecule is C=C1C(=O)OC2C1C(OC(=O)C(O)=CCO)C=C(C)C1(OO)CC=C(C)C21. The van der Waals surface area contributed by atoms with Crippen LogP contribution < -0.4 is 0 Å². The van der Waals surface area contributed by atoms with E-state index in [-0.39, 0.29) is 5.57 Å². The highest BCUT2D eigenvalue weighted by Crippen LogP contribution is 2.53. The third kappa shape index (κ3) is 2.90. The average molecular weight is 378 g/mol. The van der Waals surface area contributed by atoms with Crippen LogP contribution in [0.5, 0.6) is 0 Å². The smallest absolute Gasteiger partial charge is 0.373 e. The summed E-state index contributed by atoms with van der Waals surface area (Å²) in [6, 6.07) is 0. The molecule has 0 aromatic carbocycles. The molecule has 146 valence electrons. The molecule has 3 N–H and O–H groups in total. The number of carbonyl (C=O) groups excluding carboxylic acids is 2. The van der Waals surface area contributed by atoms with Gasteiger partial charge in [0.05, 0.1) is 18.4 Å². The molecule has 8 heteroatoms. The van der Waals surface area contributed by atoms with Gasteiger partial charge in [-0.25, -0.2) is 14.5 Å². The van der Waals surface area contributed by atoms with Crippen molar-refractivity contribution in [2.45, 2.75) is 38.1 Å². The maximum Gasteiger partial charge on any atom is 0.373 e. The third-order valence-electron chi connectivity index (χ3n) is 5.65. The molecule has 0 spiro atoms. The van der Waals surface area contributed by atoms with Gasteiger partial charge in [-0.05, 0) is 31.6 Å². The molecule has 0 bridgehead atoms. The Bertz CT molecular complexity index is 777. The Morgan fingerprint density at radius 3 is 2.81 bits per heavy atom. The fourth-order valence-electron chi connectivity index (χ4n) is 4.25. The number of aliphatic hydroxyl groups excluding tert-OH is 2. The first kappa shape index (κ1) is 19.3. The number of rotatable bonds is 4. The van der Waals surface area contributed by atoms with Gasteiger partial charge in [0.1, 0.15) is 17.8 Å². The van der Waals surface area contributed by atoms with Crippen molar-refractivity contribution in [2.75, 3.05) is 6.61 Å². The van der Waals surface area contributed by atoms with E-state index in [2.05, 4.69) is 6.58 Å². The molecule has 3 aliphatic rings. The van der Waals surface area contributed by atoms with Crippen molar-refractivity contribution in [3.05, 3.63) is 47.3 Å². The van der Waals surface area contributed by atoms with E-state index in [1.807, 2.05) is 13.0 Å². The van der Waals surface area contributed by atoms with Gasteiger partial charge in [-0.2, -0.15) is 0 Å². The standard InChI is InChI=1S/C19H22O8/c1-9-4-6-19(27-24)10(2)8-13(25-18(23)12(21)5-7-20)14-11(3)17(22)26-16(14)15(9)19/h4-5,8,13-16,20-21,24H,3,6-7H2,1-2H3. The molecule has 5 atom stereocenters. The van der Waals surface area contributed by atoms with E-state index in [0.717, 1.165) is 11.6 Å². The minimum Gasteiger partial charge on any atom is -0.502 e. The molecule has 0 saturated carbocycles. The molecule has 2 aliphatic carbocycles. The zero-order valence-electron chi connectivity index (χ0n) is 15.0. The van der Waals surface area contributed by atoms with Crippen LogP contribution >= 0.6 is 0 Å². The number of carbonyl (C=O) groups is 2. The fraction of sp³-hybridized carbons (Fsp3) is 0.474. The Balaban J connectivity index is 2.06. The summed E-state index contributed by atoms with van der Waals surface area (Å²) in [4.78, 5) is 29.2. The van der Waals surface area contributed by atoms with Gasteiger partial charge < -0.3 is 19.7 Å². The Kier molecular flexibility index (Phi) is 4.98. The lowest BCUT2D eigenvalue weighted by Crippen LogP contribution is -2.46. The molecule has 0 aromatic heterocycles. The second kappa shape index (κ2) is 6.95. The van der Waals surface area contributed by atoms with E-state index >= 15 is 0 Å². The van der Waals surface area contributed by atoms with Gasteiger partial charge in [0.15, 0.2) is 5.76 Å². The van der Waals surface area contributed by atoms with Gasteiger partial charge in [0.25, 0.3) is 0 Å². The number of fused-ring (bicyclic) bond motifs is 3. The first-order valence-electron chi connectivity index (χ1n) is 8.55. The number of aliphatic hydroxyl groups is 2. The van der Waals surface area contributed by atoms with Crippen molar-refractivity contribution in [1.82, 2.24) is 0 Å². The lowest BCUT2D eigenvalue weighted by molar-refractivity contribution is -0.323. The van der Waals surface area contributed by atoms with E-state index in [1.54, 1.807) is 13.0 Å². The topological polar surface area (TPSA) is 123 Å². The van der Waals surface area contributed by atoms with Gasteiger partial charge >= 0.3 is 11.9 Å². The minimum absolute atomic E-state index is 0.140. The number of hydrogen-bond acceptors (Lipinski definition) is 8. The summed E-state index contributed by atoms with van der Waals surface area (Å²) in [6.07, 6.45) is 3.03. The molecule has 1 fully saturated rings. The van der Waals surface area contributed by atoms with Crippen LogP contribution in [-0.4, -0.2) is 51.8 Å². The second-order valence-electron chi connectivity index (χ2n) is 7.02. The second-order valence-corrected chi connectivity index (χ2v) is 7.02. The van der Waals surface area contributed by atoms with Crippen LogP contribution in [0.4, 0.5) is 0 Å². The highest BCUT2D eigenvalue weighted by molar-refractivity contribution is 5.92. The molecule has 27 heavy (non-hydrogen) atoms. The van der Waals surface area contributed by atoms with E-state index in [1.165, 1.54) is 0 Å². The normalized spacial score (nSPS) is 35.6. The molecule has 1 aliphatic heterocycles. The van der Waals surface area contributed by atoms with Crippen LogP contribution in [0.15, 0.2) is 47.3 Å². The Hall–Kier alpha value is -2.42. The van der Waals surface area contributed by atoms with E-state index < -0.39 is 53.9 Å². The van der Waals surface area contributed by atoms with Crippen molar-refractivity contribution in [1.29, 1.82) is 0 Å². The minimum atomic E-state index is -1.14. The summed E-state index contributed by atoms with van der Waals surface area (Å²) < 4.78 is 10.9. The van der Waals surface area contributed by atoms with Crippen LogP contribution in [0.1, 0.15) is 20.3 Å². The number of esters is 2. The zero-order chi connectivity index (χ0) is 19.9. The molecule has 0 aromatic rings. The van der Waals surface area contributed by atoms with Gasteiger partial charge in [-0.1, -0.05) is 18.2 Å². The molecule has 1 heterocycles. The van der Waals surface area contributed by atoms with Crippen molar-refractivity contribution < 1.29 is 39.4 Å². The molecular weight excluding hydrogens is 356 g/mol. The van der Waals surface area contributed by atoms with Gasteiger partial charge in [0, 0.05) is 12.0 Å². The van der Waals surface area contributed by atoms with Crippen LogP contribution in [0.25, 0.3) is 0 Å². The van der Waals surface area contributed by atoms with Crippen molar-refractivity contribution >= 4 is 11.9 Å². The summed E-state index contributed by atoms with van der Waals surface area (Å²) in [6.45, 7) is 6.83. The molecule has 0 radical (unpaired) electrons. The molecule has 0 amide bonds. The predicted molar refractivity (Wildman–Crippen MR) is 92.3 cm³/mol. The van der Waals surface area contributed by atoms with Crippen LogP contribution in [0, 0.1) is 11.8 Å². The average Bonchev–Trinajstić information content (AvgIpc) is 3.08. The van der Waals surface area contributed by atoms with Crippen LogP contribution in [-0.2, 0) is 24.0 Å². The monoisotopic (exact) mass is 378 g/mol. The molecule has 8 nitrogen and oxygen atoms in total. The van der Waals surface area contributed by atoms with E-state index in [9.17, 15) is 20.0 Å². The summed E-state index contributed by atoms with van der Waals surface area (Å²) in [5, 5.41) is 28.2. The van der Waals surface area contributed by atoms with Crippen molar-refractivity contribution in [3.8, 4) is 0 Å². The maximum atomic E-state index is 12.2. The summed E-state index contributed by atoms with van der Waals surface area (Å²) in [5.74, 6) is -3.59. The van der Waals surface area contributed by atoms with Gasteiger partial charge in [0.2, 0.25) is 0 Å². The molecule has 3 rings (SSSR count). The Morgan fingerprint density at radius 1 is 1.48 bits per heavy atom. The van der Waals surface area contributed by atoms with Crippen molar-refractivity contribution in [2.24, 2.45) is 11.8 Å². The largest absolute Gasteiger partial charge is 0.502 e. The zero-order valence-corrected chi connectivity index (χ0v) is 15.0. The van der Waals surface area contributed by atoms with Gasteiger partial charge in [-0.3, -0.25) is 5.26 Å². The highest BCUT2D eigenvalue weighted by atomic mass is 17.1. The first-order chi connectivity index (χ1) is 12.8. The Labute approximate surface area is 156 Å². The number of ether oxygens (including phenoxy) is 2. The molecular formula is C19H22O8. The van der Waals surface area contributed by atoms with Crippen molar-refractivity contribution in [3.63, 3.8) is 0 Å². The van der Waals surface area contributed by atoms with Crippen LogP contribution in [0.3, 0.4) is 0 Å². The lowest BCUT2D eigenvalue weighted by Gasteiger charge is -2.36. The summed E-state index contributed by atoms with van der Waals surface area (Å²) in [5.41, 5.74) is 0.483. The summed E-state index contributed by atoms with van der Waals surface area (Å²) in [7, 11) is 0. The van der Waals surface area contributed by atoms with E-state index in [0.29, 0.717) is 12.0 Å². The van der Waals surface area contributed by atoms with E-state index in [4.69, 9.17) is 19.5 Å². The Morgan fingerprint density at radius 2 is 2.19 bits per heavy atom. The first-order valence-corrected chi connectivity index (χ1v) is 8.55. The number of hydrogen-bond donors (Lipinski definition) is 3. The maximum absolute atomic E-state index is 12.2. The highest BCUT2D eigenvalue weighted by Gasteiger charge is 2.60. The lowest BCUT2D eigenvalue weighted by atomic mass is 9.76. The quantitative estimate of drug-likeness (QED) is 0.168.